The van der Waals surface area contributed by atoms with Crippen molar-refractivity contribution in [1.82, 2.24) is 10.2 Å². The molecule has 0 unspecified atom stereocenters. The summed E-state index contributed by atoms with van der Waals surface area (Å²) in [6, 6.07) is 1.04. The van der Waals surface area contributed by atoms with Gasteiger partial charge in [-0.05, 0) is 6.42 Å². The van der Waals surface area contributed by atoms with E-state index in [1.54, 1.807) is 6.08 Å². The Hall–Kier alpha value is -0.750. The first-order valence-corrected chi connectivity index (χ1v) is 6.33. The summed E-state index contributed by atoms with van der Waals surface area (Å²) in [4.78, 5) is 2.00. The van der Waals surface area contributed by atoms with E-state index in [-0.39, 0.29) is 30.4 Å². The minimum absolute atomic E-state index is 0. The molecule has 1 aromatic carbocycles. The van der Waals surface area contributed by atoms with Crippen LogP contribution >= 0.6 is 24.8 Å². The van der Waals surface area contributed by atoms with E-state index in [9.17, 15) is 13.2 Å². The SMILES string of the molecule is C=CC[C@H](c1c(F)cc(F)cc1F)N1CCNCC1.Cl.Cl. The van der Waals surface area contributed by atoms with Crippen LogP contribution in [0.1, 0.15) is 18.0 Å². The molecule has 0 bridgehead atoms. The van der Waals surface area contributed by atoms with Crippen molar-refractivity contribution < 1.29 is 13.2 Å². The van der Waals surface area contributed by atoms with Crippen molar-refractivity contribution in [3.05, 3.63) is 47.8 Å². The maximum absolute atomic E-state index is 13.9. The van der Waals surface area contributed by atoms with Crippen LogP contribution in [0.2, 0.25) is 0 Å². The van der Waals surface area contributed by atoms with Crippen LogP contribution in [-0.4, -0.2) is 31.1 Å². The van der Waals surface area contributed by atoms with E-state index in [1.165, 1.54) is 0 Å². The Bertz CT molecular complexity index is 443. The first-order chi connectivity index (χ1) is 9.13. The summed E-state index contributed by atoms with van der Waals surface area (Å²) >= 11 is 0. The van der Waals surface area contributed by atoms with Gasteiger partial charge in [-0.3, -0.25) is 4.90 Å². The highest BCUT2D eigenvalue weighted by atomic mass is 35.5. The van der Waals surface area contributed by atoms with Crippen LogP contribution in [0.4, 0.5) is 13.2 Å². The number of hydrogen-bond donors (Lipinski definition) is 1. The molecule has 0 amide bonds. The van der Waals surface area contributed by atoms with Crippen molar-refractivity contribution in [2.24, 2.45) is 0 Å². The Morgan fingerprint density at radius 1 is 1.14 bits per heavy atom. The largest absolute Gasteiger partial charge is 0.314 e. The first-order valence-electron chi connectivity index (χ1n) is 6.33. The monoisotopic (exact) mass is 342 g/mol. The van der Waals surface area contributed by atoms with E-state index in [1.807, 2.05) is 4.90 Å². The molecular weight excluding hydrogens is 324 g/mol. The van der Waals surface area contributed by atoms with Gasteiger partial charge in [0.1, 0.15) is 17.5 Å². The van der Waals surface area contributed by atoms with Gasteiger partial charge in [-0.15, -0.1) is 31.4 Å². The van der Waals surface area contributed by atoms with Crippen molar-refractivity contribution in [3.8, 4) is 0 Å². The fraction of sp³-hybridized carbons (Fsp3) is 0.429. The molecule has 0 radical (unpaired) electrons. The van der Waals surface area contributed by atoms with Crippen molar-refractivity contribution in [2.75, 3.05) is 26.2 Å². The summed E-state index contributed by atoms with van der Waals surface area (Å²) in [6.45, 7) is 6.59. The van der Waals surface area contributed by atoms with E-state index in [0.29, 0.717) is 19.5 Å². The molecule has 1 heterocycles. The number of hydrogen-bond acceptors (Lipinski definition) is 2. The number of nitrogens with one attached hydrogen (secondary N) is 1. The lowest BCUT2D eigenvalue weighted by Crippen LogP contribution is -2.45. The van der Waals surface area contributed by atoms with Gasteiger partial charge in [-0.2, -0.15) is 0 Å². The van der Waals surface area contributed by atoms with Crippen molar-refractivity contribution in [1.29, 1.82) is 0 Å². The molecule has 1 saturated heterocycles. The lowest BCUT2D eigenvalue weighted by atomic mass is 9.99. The second-order valence-corrected chi connectivity index (χ2v) is 4.61. The smallest absolute Gasteiger partial charge is 0.133 e. The summed E-state index contributed by atoms with van der Waals surface area (Å²) in [5, 5.41) is 3.19. The zero-order chi connectivity index (χ0) is 13.8. The number of piperazine rings is 1. The van der Waals surface area contributed by atoms with Gasteiger partial charge in [-0.1, -0.05) is 6.08 Å². The van der Waals surface area contributed by atoms with Crippen LogP contribution in [-0.2, 0) is 0 Å². The molecule has 2 rings (SSSR count). The van der Waals surface area contributed by atoms with E-state index in [0.717, 1.165) is 25.2 Å². The average molecular weight is 343 g/mol. The summed E-state index contributed by atoms with van der Waals surface area (Å²) in [6.07, 6.45) is 2.06. The lowest BCUT2D eigenvalue weighted by Gasteiger charge is -2.35. The fourth-order valence-electron chi connectivity index (χ4n) is 2.47. The molecular formula is C14H19Cl2F3N2. The molecule has 1 aliphatic heterocycles. The predicted molar refractivity (Wildman–Crippen MR) is 82.8 cm³/mol. The third-order valence-electron chi connectivity index (χ3n) is 3.36. The van der Waals surface area contributed by atoms with Crippen LogP contribution in [0.5, 0.6) is 0 Å². The molecule has 0 aliphatic carbocycles. The van der Waals surface area contributed by atoms with E-state index >= 15 is 0 Å². The topological polar surface area (TPSA) is 15.3 Å². The first kappa shape index (κ1) is 20.2. The summed E-state index contributed by atoms with van der Waals surface area (Å²) in [7, 11) is 0. The molecule has 2 nitrogen and oxygen atoms in total. The van der Waals surface area contributed by atoms with Crippen LogP contribution in [0.25, 0.3) is 0 Å². The zero-order valence-corrected chi connectivity index (χ0v) is 13.1. The zero-order valence-electron chi connectivity index (χ0n) is 11.4. The van der Waals surface area contributed by atoms with Crippen LogP contribution < -0.4 is 5.32 Å². The van der Waals surface area contributed by atoms with Crippen molar-refractivity contribution >= 4 is 24.8 Å². The van der Waals surface area contributed by atoms with Gasteiger partial charge in [0.15, 0.2) is 0 Å². The Labute approximate surface area is 135 Å². The van der Waals surface area contributed by atoms with Gasteiger partial charge in [-0.25, -0.2) is 13.2 Å². The molecule has 1 aromatic rings. The second-order valence-electron chi connectivity index (χ2n) is 4.61. The quantitative estimate of drug-likeness (QED) is 0.843. The molecule has 1 fully saturated rings. The fourth-order valence-corrected chi connectivity index (χ4v) is 2.47. The molecule has 1 atom stereocenters. The summed E-state index contributed by atoms with van der Waals surface area (Å²) in [5.41, 5.74) is -0.0665. The highest BCUT2D eigenvalue weighted by Gasteiger charge is 2.27. The maximum Gasteiger partial charge on any atom is 0.133 e. The predicted octanol–water partition coefficient (Wildman–Crippen LogP) is 3.47. The standard InChI is InChI=1S/C14H17F3N2.2ClH/c1-2-3-13(19-6-4-18-5-7-19)14-11(16)8-10(15)9-12(14)17;;/h2,8-9,13,18H,1,3-7H2;2*1H/t13-;;/m1../s1. The summed E-state index contributed by atoms with van der Waals surface area (Å²) in [5.74, 6) is -2.55. The number of nitrogens with zero attached hydrogens (tertiary/aromatic N) is 1. The number of rotatable bonds is 4. The van der Waals surface area contributed by atoms with E-state index in [2.05, 4.69) is 11.9 Å². The molecule has 0 aromatic heterocycles. The lowest BCUT2D eigenvalue weighted by molar-refractivity contribution is 0.167. The van der Waals surface area contributed by atoms with Crippen LogP contribution in [0.15, 0.2) is 24.8 Å². The molecule has 21 heavy (non-hydrogen) atoms. The average Bonchev–Trinajstić information content (AvgIpc) is 2.37. The van der Waals surface area contributed by atoms with E-state index in [4.69, 9.17) is 0 Å². The molecule has 1 aliphatic rings. The highest BCUT2D eigenvalue weighted by molar-refractivity contribution is 5.85. The number of halogens is 5. The Kier molecular flexibility index (Phi) is 8.97. The third kappa shape index (κ3) is 4.88. The Morgan fingerprint density at radius 2 is 1.67 bits per heavy atom. The van der Waals surface area contributed by atoms with E-state index < -0.39 is 23.5 Å². The Morgan fingerprint density at radius 3 is 2.14 bits per heavy atom. The van der Waals surface area contributed by atoms with Gasteiger partial charge < -0.3 is 5.32 Å². The van der Waals surface area contributed by atoms with Gasteiger partial charge in [0, 0.05) is 49.9 Å². The van der Waals surface area contributed by atoms with Gasteiger partial charge in [0.05, 0.1) is 0 Å². The third-order valence-corrected chi connectivity index (χ3v) is 3.36. The van der Waals surface area contributed by atoms with Gasteiger partial charge in [0.25, 0.3) is 0 Å². The minimum Gasteiger partial charge on any atom is -0.314 e. The molecule has 1 N–H and O–H groups in total. The Balaban J connectivity index is 0.00000200. The molecule has 0 spiro atoms. The normalized spacial score (nSPS) is 16.5. The minimum atomic E-state index is -0.892. The molecule has 7 heteroatoms. The van der Waals surface area contributed by atoms with Crippen LogP contribution in [0, 0.1) is 17.5 Å². The maximum atomic E-state index is 13.9. The molecule has 0 saturated carbocycles. The summed E-state index contributed by atoms with van der Waals surface area (Å²) < 4.78 is 40.7. The van der Waals surface area contributed by atoms with Crippen molar-refractivity contribution in [2.45, 2.75) is 12.5 Å². The van der Waals surface area contributed by atoms with Crippen LogP contribution in [0.3, 0.4) is 0 Å². The molecule has 120 valence electrons. The van der Waals surface area contributed by atoms with Gasteiger partial charge in [0.2, 0.25) is 0 Å². The second kappa shape index (κ2) is 9.30. The highest BCUT2D eigenvalue weighted by Crippen LogP contribution is 2.30. The number of benzene rings is 1. The van der Waals surface area contributed by atoms with Gasteiger partial charge >= 0.3 is 0 Å². The van der Waals surface area contributed by atoms with Crippen molar-refractivity contribution in [3.63, 3.8) is 0 Å².